The van der Waals surface area contributed by atoms with E-state index in [9.17, 15) is 18.0 Å². The van der Waals surface area contributed by atoms with Gasteiger partial charge >= 0.3 is 12.1 Å². The molecule has 1 N–H and O–H groups in total. The van der Waals surface area contributed by atoms with Gasteiger partial charge in [-0.2, -0.15) is 13.2 Å². The highest BCUT2D eigenvalue weighted by atomic mass is 19.4. The molecule has 0 radical (unpaired) electrons. The minimum atomic E-state index is -4.11. The van der Waals surface area contributed by atoms with Gasteiger partial charge in [-0.1, -0.05) is 6.92 Å². The summed E-state index contributed by atoms with van der Waals surface area (Å²) in [5.41, 5.74) is 0. The molecule has 6 heteroatoms. The first kappa shape index (κ1) is 13.3. The first-order chi connectivity index (χ1) is 7.30. The van der Waals surface area contributed by atoms with Gasteiger partial charge in [0.15, 0.2) is 0 Å². The molecule has 0 amide bonds. The second-order valence-electron chi connectivity index (χ2n) is 4.36. The molecule has 0 aromatic carbocycles. The average Bonchev–Trinajstić information content (AvgIpc) is 2.17. The molecule has 0 saturated carbocycles. The van der Waals surface area contributed by atoms with Crippen LogP contribution in [0.3, 0.4) is 0 Å². The number of carboxylic acids is 1. The number of halogens is 3. The maximum Gasteiger partial charge on any atom is 0.391 e. The van der Waals surface area contributed by atoms with Gasteiger partial charge < -0.3 is 10.0 Å². The third kappa shape index (κ3) is 3.66. The third-order valence-electron chi connectivity index (χ3n) is 3.00. The molecule has 0 aliphatic carbocycles. The lowest BCUT2D eigenvalue weighted by atomic mass is 9.95. The van der Waals surface area contributed by atoms with Crippen LogP contribution in [-0.2, 0) is 4.79 Å². The zero-order chi connectivity index (χ0) is 12.3. The highest BCUT2D eigenvalue weighted by Gasteiger charge is 2.41. The van der Waals surface area contributed by atoms with Crippen LogP contribution in [0.2, 0.25) is 0 Å². The minimum Gasteiger partial charge on any atom is -0.481 e. The van der Waals surface area contributed by atoms with Gasteiger partial charge in [0, 0.05) is 6.54 Å². The van der Waals surface area contributed by atoms with Gasteiger partial charge in [0.25, 0.3) is 0 Å². The van der Waals surface area contributed by atoms with Crippen molar-refractivity contribution in [2.24, 2.45) is 11.8 Å². The molecule has 1 unspecified atom stereocenters. The first-order valence-corrected chi connectivity index (χ1v) is 5.32. The quantitative estimate of drug-likeness (QED) is 0.818. The van der Waals surface area contributed by atoms with Crippen LogP contribution in [0.5, 0.6) is 0 Å². The van der Waals surface area contributed by atoms with E-state index in [-0.39, 0.29) is 12.8 Å². The molecule has 16 heavy (non-hydrogen) atoms. The van der Waals surface area contributed by atoms with Crippen LogP contribution in [-0.4, -0.2) is 41.8 Å². The number of rotatable bonds is 3. The Balaban J connectivity index is 2.35. The van der Waals surface area contributed by atoms with Crippen molar-refractivity contribution in [2.75, 3.05) is 19.6 Å². The largest absolute Gasteiger partial charge is 0.481 e. The summed E-state index contributed by atoms with van der Waals surface area (Å²) in [4.78, 5) is 12.4. The third-order valence-corrected chi connectivity index (χ3v) is 3.00. The predicted molar refractivity (Wildman–Crippen MR) is 52.0 cm³/mol. The highest BCUT2D eigenvalue weighted by molar-refractivity contribution is 5.69. The van der Waals surface area contributed by atoms with Crippen LogP contribution in [0.4, 0.5) is 13.2 Å². The SMILES string of the molecule is CC(CN1CCC(C(F)(F)F)CC1)C(=O)O. The Kier molecular flexibility index (Phi) is 4.18. The lowest BCUT2D eigenvalue weighted by Crippen LogP contribution is -2.41. The predicted octanol–water partition coefficient (Wildman–Crippen LogP) is 1.98. The fourth-order valence-electron chi connectivity index (χ4n) is 1.91. The molecule has 3 nitrogen and oxygen atoms in total. The number of piperidine rings is 1. The van der Waals surface area contributed by atoms with Crippen LogP contribution in [0.1, 0.15) is 19.8 Å². The van der Waals surface area contributed by atoms with Gasteiger partial charge in [-0.25, -0.2) is 0 Å². The number of alkyl halides is 3. The van der Waals surface area contributed by atoms with Crippen molar-refractivity contribution < 1.29 is 23.1 Å². The van der Waals surface area contributed by atoms with Gasteiger partial charge in [-0.3, -0.25) is 4.79 Å². The van der Waals surface area contributed by atoms with Crippen molar-refractivity contribution in [3.05, 3.63) is 0 Å². The lowest BCUT2D eigenvalue weighted by Gasteiger charge is -2.33. The molecule has 0 spiro atoms. The Bertz CT molecular complexity index is 247. The van der Waals surface area contributed by atoms with Crippen LogP contribution >= 0.6 is 0 Å². The van der Waals surface area contributed by atoms with Gasteiger partial charge in [0.05, 0.1) is 11.8 Å². The maximum absolute atomic E-state index is 12.3. The molecule has 1 aliphatic heterocycles. The van der Waals surface area contributed by atoms with E-state index in [2.05, 4.69) is 0 Å². The average molecular weight is 239 g/mol. The summed E-state index contributed by atoms with van der Waals surface area (Å²) in [6.07, 6.45) is -3.95. The fourth-order valence-corrected chi connectivity index (χ4v) is 1.91. The molecule has 1 saturated heterocycles. The number of carboxylic acid groups (broad SMARTS) is 1. The monoisotopic (exact) mass is 239 g/mol. The van der Waals surface area contributed by atoms with E-state index in [1.807, 2.05) is 0 Å². The summed E-state index contributed by atoms with van der Waals surface area (Å²) in [7, 11) is 0. The molecule has 1 rings (SSSR count). The van der Waals surface area contributed by atoms with Crippen molar-refractivity contribution in [3.8, 4) is 0 Å². The zero-order valence-corrected chi connectivity index (χ0v) is 9.13. The number of carbonyl (C=O) groups is 1. The summed E-state index contributed by atoms with van der Waals surface area (Å²) >= 11 is 0. The minimum absolute atomic E-state index is 0.0792. The number of hydrogen-bond donors (Lipinski definition) is 1. The number of aliphatic carboxylic acids is 1. The molecule has 0 bridgehead atoms. The molecule has 1 aliphatic rings. The van der Waals surface area contributed by atoms with E-state index in [1.165, 1.54) is 0 Å². The van der Waals surface area contributed by atoms with Gasteiger partial charge in [-0.15, -0.1) is 0 Å². The fraction of sp³-hybridized carbons (Fsp3) is 0.900. The van der Waals surface area contributed by atoms with Crippen LogP contribution < -0.4 is 0 Å². The van der Waals surface area contributed by atoms with Crippen LogP contribution in [0.25, 0.3) is 0 Å². The summed E-state index contributed by atoms with van der Waals surface area (Å²) in [5.74, 6) is -2.65. The molecule has 1 heterocycles. The second kappa shape index (κ2) is 5.03. The van der Waals surface area contributed by atoms with E-state index >= 15 is 0 Å². The zero-order valence-electron chi connectivity index (χ0n) is 9.13. The Hall–Kier alpha value is -0.780. The molecule has 0 aromatic heterocycles. The van der Waals surface area contributed by atoms with Crippen molar-refractivity contribution in [1.29, 1.82) is 0 Å². The summed E-state index contributed by atoms with van der Waals surface area (Å²) < 4.78 is 37.0. The van der Waals surface area contributed by atoms with Crippen molar-refractivity contribution in [1.82, 2.24) is 4.90 Å². The summed E-state index contributed by atoms with van der Waals surface area (Å²) in [5, 5.41) is 8.69. The molecule has 1 fully saturated rings. The lowest BCUT2D eigenvalue weighted by molar-refractivity contribution is -0.185. The Morgan fingerprint density at radius 3 is 2.31 bits per heavy atom. The molecule has 94 valence electrons. The molecule has 0 aromatic rings. The van der Waals surface area contributed by atoms with E-state index in [1.54, 1.807) is 11.8 Å². The Labute approximate surface area is 92.2 Å². The van der Waals surface area contributed by atoms with E-state index in [4.69, 9.17) is 5.11 Å². The van der Waals surface area contributed by atoms with Gasteiger partial charge in [0.2, 0.25) is 0 Å². The Morgan fingerprint density at radius 2 is 1.94 bits per heavy atom. The highest BCUT2D eigenvalue weighted by Crippen LogP contribution is 2.34. The normalized spacial score (nSPS) is 22.0. The van der Waals surface area contributed by atoms with Gasteiger partial charge in [-0.05, 0) is 25.9 Å². The summed E-state index contributed by atoms with van der Waals surface area (Å²) in [6, 6.07) is 0. The smallest absolute Gasteiger partial charge is 0.391 e. The number of nitrogens with zero attached hydrogens (tertiary/aromatic N) is 1. The van der Waals surface area contributed by atoms with Crippen molar-refractivity contribution in [3.63, 3.8) is 0 Å². The van der Waals surface area contributed by atoms with Crippen molar-refractivity contribution in [2.45, 2.75) is 25.9 Å². The molecular formula is C10H16F3NO2. The van der Waals surface area contributed by atoms with E-state index < -0.39 is 24.0 Å². The van der Waals surface area contributed by atoms with E-state index in [0.717, 1.165) is 0 Å². The van der Waals surface area contributed by atoms with Gasteiger partial charge in [0.1, 0.15) is 0 Å². The van der Waals surface area contributed by atoms with E-state index in [0.29, 0.717) is 19.6 Å². The number of hydrogen-bond acceptors (Lipinski definition) is 2. The Morgan fingerprint density at radius 1 is 1.44 bits per heavy atom. The van der Waals surface area contributed by atoms with Crippen LogP contribution in [0, 0.1) is 11.8 Å². The number of likely N-dealkylation sites (tertiary alicyclic amines) is 1. The first-order valence-electron chi connectivity index (χ1n) is 5.32. The summed E-state index contributed by atoms with van der Waals surface area (Å²) in [6.45, 7) is 2.57. The van der Waals surface area contributed by atoms with Crippen LogP contribution in [0.15, 0.2) is 0 Å². The molecular weight excluding hydrogens is 223 g/mol. The standard InChI is InChI=1S/C10H16F3NO2/c1-7(9(15)16)6-14-4-2-8(3-5-14)10(11,12)13/h7-8H,2-6H2,1H3,(H,15,16). The second-order valence-corrected chi connectivity index (χ2v) is 4.36. The topological polar surface area (TPSA) is 40.5 Å². The maximum atomic E-state index is 12.3. The van der Waals surface area contributed by atoms with Crippen molar-refractivity contribution >= 4 is 5.97 Å². The molecule has 1 atom stereocenters.